The van der Waals surface area contributed by atoms with Crippen molar-refractivity contribution in [3.8, 4) is 0 Å². The van der Waals surface area contributed by atoms with E-state index in [-0.39, 0.29) is 11.3 Å². The van der Waals surface area contributed by atoms with E-state index < -0.39 is 11.9 Å². The summed E-state index contributed by atoms with van der Waals surface area (Å²) in [6.07, 6.45) is 1.56. The van der Waals surface area contributed by atoms with Crippen LogP contribution in [0.3, 0.4) is 0 Å². The zero-order valence-corrected chi connectivity index (χ0v) is 11.6. The van der Waals surface area contributed by atoms with E-state index in [0.29, 0.717) is 5.69 Å². The van der Waals surface area contributed by atoms with Gasteiger partial charge in [-0.3, -0.25) is 4.79 Å². The molecule has 2 heterocycles. The van der Waals surface area contributed by atoms with Gasteiger partial charge >= 0.3 is 5.97 Å². The van der Waals surface area contributed by atoms with Crippen LogP contribution in [-0.4, -0.2) is 22.7 Å². The quantitative estimate of drug-likeness (QED) is 0.885. The number of anilines is 1. The lowest BCUT2D eigenvalue weighted by molar-refractivity contribution is -0.129. The molecule has 0 spiro atoms. The van der Waals surface area contributed by atoms with Crippen LogP contribution < -0.4 is 5.01 Å². The summed E-state index contributed by atoms with van der Waals surface area (Å²) in [5.41, 5.74) is 0.391. The summed E-state index contributed by atoms with van der Waals surface area (Å²) in [4.78, 5) is 24.6. The zero-order chi connectivity index (χ0) is 14.8. The molecule has 1 aliphatic rings. The van der Waals surface area contributed by atoms with Crippen LogP contribution in [-0.2, 0) is 9.59 Å². The van der Waals surface area contributed by atoms with E-state index in [4.69, 9.17) is 0 Å². The van der Waals surface area contributed by atoms with Crippen molar-refractivity contribution in [1.82, 2.24) is 0 Å². The Hall–Kier alpha value is -2.73. The maximum atomic E-state index is 12.4. The Balaban J connectivity index is 2.05. The SMILES string of the molecule is O=C(O)C1=NN(c2ccccc2)C(=O)/C1=C/c1cccs1. The number of para-hydroxylation sites is 1. The Labute approximate surface area is 124 Å². The summed E-state index contributed by atoms with van der Waals surface area (Å²) in [5, 5.41) is 16.2. The molecule has 0 saturated carbocycles. The maximum absolute atomic E-state index is 12.4. The van der Waals surface area contributed by atoms with E-state index in [1.807, 2.05) is 23.6 Å². The molecule has 0 fully saturated rings. The molecule has 3 rings (SSSR count). The molecular formula is C15H10N2O3S. The largest absolute Gasteiger partial charge is 0.476 e. The lowest BCUT2D eigenvalue weighted by atomic mass is 10.1. The van der Waals surface area contributed by atoms with Crippen molar-refractivity contribution in [2.45, 2.75) is 0 Å². The maximum Gasteiger partial charge on any atom is 0.357 e. The molecule has 5 nitrogen and oxygen atoms in total. The van der Waals surface area contributed by atoms with Gasteiger partial charge in [0.2, 0.25) is 0 Å². The number of carboxylic acids is 1. The Morgan fingerprint density at radius 1 is 1.19 bits per heavy atom. The summed E-state index contributed by atoms with van der Waals surface area (Å²) in [6.45, 7) is 0. The van der Waals surface area contributed by atoms with Gasteiger partial charge in [0.1, 0.15) is 0 Å². The molecule has 1 aromatic heterocycles. The van der Waals surface area contributed by atoms with Crippen LogP contribution in [0.4, 0.5) is 5.69 Å². The van der Waals surface area contributed by atoms with E-state index in [0.717, 1.165) is 9.89 Å². The highest BCUT2D eigenvalue weighted by Gasteiger charge is 2.35. The Bertz CT molecular complexity index is 748. The normalized spacial score (nSPS) is 16.4. The molecular weight excluding hydrogens is 288 g/mol. The molecule has 1 N–H and O–H groups in total. The highest BCUT2D eigenvalue weighted by molar-refractivity contribution is 7.10. The van der Waals surface area contributed by atoms with Gasteiger partial charge in [-0.2, -0.15) is 10.1 Å². The first-order chi connectivity index (χ1) is 10.2. The fraction of sp³-hybridized carbons (Fsp3) is 0. The lowest BCUT2D eigenvalue weighted by Gasteiger charge is -2.10. The Morgan fingerprint density at radius 2 is 1.95 bits per heavy atom. The van der Waals surface area contributed by atoms with Crippen molar-refractivity contribution >= 4 is 40.7 Å². The second kappa shape index (κ2) is 5.34. The summed E-state index contributed by atoms with van der Waals surface area (Å²) in [7, 11) is 0. The Morgan fingerprint density at radius 3 is 2.57 bits per heavy atom. The van der Waals surface area contributed by atoms with Crippen molar-refractivity contribution in [3.63, 3.8) is 0 Å². The van der Waals surface area contributed by atoms with Gasteiger partial charge in [-0.25, -0.2) is 4.79 Å². The molecule has 21 heavy (non-hydrogen) atoms. The molecule has 1 aromatic carbocycles. The highest BCUT2D eigenvalue weighted by Crippen LogP contribution is 2.25. The number of nitrogens with zero attached hydrogens (tertiary/aromatic N) is 2. The third kappa shape index (κ3) is 2.48. The first kappa shape index (κ1) is 13.3. The summed E-state index contributed by atoms with van der Waals surface area (Å²) < 4.78 is 0. The molecule has 1 amide bonds. The van der Waals surface area contributed by atoms with Gasteiger partial charge in [-0.15, -0.1) is 11.3 Å². The number of amides is 1. The van der Waals surface area contributed by atoms with Crippen LogP contribution in [0.1, 0.15) is 4.88 Å². The number of aliphatic carboxylic acids is 1. The fourth-order valence-electron chi connectivity index (χ4n) is 1.96. The fourth-order valence-corrected chi connectivity index (χ4v) is 2.62. The number of thiophene rings is 1. The predicted molar refractivity (Wildman–Crippen MR) is 81.3 cm³/mol. The molecule has 1 aliphatic heterocycles. The molecule has 2 aromatic rings. The molecule has 0 aliphatic carbocycles. The van der Waals surface area contributed by atoms with Crippen LogP contribution in [0.2, 0.25) is 0 Å². The number of carbonyl (C=O) groups is 2. The summed E-state index contributed by atoms with van der Waals surface area (Å²) in [5.74, 6) is -1.66. The van der Waals surface area contributed by atoms with Crippen molar-refractivity contribution in [1.29, 1.82) is 0 Å². The molecule has 0 bridgehead atoms. The van der Waals surface area contributed by atoms with Gasteiger partial charge < -0.3 is 5.11 Å². The van der Waals surface area contributed by atoms with Gasteiger partial charge in [0.05, 0.1) is 11.3 Å². The molecule has 6 heteroatoms. The van der Waals surface area contributed by atoms with E-state index in [1.54, 1.807) is 30.3 Å². The lowest BCUT2D eigenvalue weighted by Crippen LogP contribution is -2.22. The Kier molecular flexibility index (Phi) is 3.37. The molecule has 0 atom stereocenters. The summed E-state index contributed by atoms with van der Waals surface area (Å²) >= 11 is 1.43. The van der Waals surface area contributed by atoms with Gasteiger partial charge in [0.15, 0.2) is 5.71 Å². The number of rotatable bonds is 3. The first-order valence-corrected chi connectivity index (χ1v) is 7.02. The van der Waals surface area contributed by atoms with Gasteiger partial charge in [0, 0.05) is 4.88 Å². The van der Waals surface area contributed by atoms with Crippen molar-refractivity contribution in [3.05, 3.63) is 58.3 Å². The summed E-state index contributed by atoms with van der Waals surface area (Å²) in [6, 6.07) is 12.4. The van der Waals surface area contributed by atoms with E-state index in [2.05, 4.69) is 5.10 Å². The van der Waals surface area contributed by atoms with E-state index in [9.17, 15) is 14.7 Å². The number of carboxylic acid groups (broad SMARTS) is 1. The van der Waals surface area contributed by atoms with Crippen LogP contribution in [0.15, 0.2) is 58.5 Å². The topological polar surface area (TPSA) is 70.0 Å². The van der Waals surface area contributed by atoms with E-state index >= 15 is 0 Å². The van der Waals surface area contributed by atoms with Gasteiger partial charge in [0.25, 0.3) is 5.91 Å². The van der Waals surface area contributed by atoms with E-state index in [1.165, 1.54) is 11.3 Å². The highest BCUT2D eigenvalue weighted by atomic mass is 32.1. The minimum atomic E-state index is -1.22. The van der Waals surface area contributed by atoms with Crippen LogP contribution >= 0.6 is 11.3 Å². The smallest absolute Gasteiger partial charge is 0.357 e. The molecule has 104 valence electrons. The first-order valence-electron chi connectivity index (χ1n) is 6.14. The zero-order valence-electron chi connectivity index (χ0n) is 10.8. The number of hydrogen-bond acceptors (Lipinski definition) is 4. The second-order valence-corrected chi connectivity index (χ2v) is 5.26. The van der Waals surface area contributed by atoms with Crippen LogP contribution in [0.25, 0.3) is 6.08 Å². The average Bonchev–Trinajstić information content (AvgIpc) is 3.10. The average molecular weight is 298 g/mol. The van der Waals surface area contributed by atoms with Crippen LogP contribution in [0.5, 0.6) is 0 Å². The second-order valence-electron chi connectivity index (χ2n) is 4.28. The third-order valence-corrected chi connectivity index (χ3v) is 3.73. The van der Waals surface area contributed by atoms with Gasteiger partial charge in [-0.05, 0) is 29.7 Å². The third-order valence-electron chi connectivity index (χ3n) is 2.91. The minimum Gasteiger partial charge on any atom is -0.476 e. The number of hydrogen-bond donors (Lipinski definition) is 1. The van der Waals surface area contributed by atoms with Crippen molar-refractivity contribution in [2.75, 3.05) is 5.01 Å². The molecule has 0 saturated heterocycles. The monoisotopic (exact) mass is 298 g/mol. The van der Waals surface area contributed by atoms with Crippen molar-refractivity contribution in [2.24, 2.45) is 5.10 Å². The van der Waals surface area contributed by atoms with Crippen LogP contribution in [0, 0.1) is 0 Å². The molecule has 0 unspecified atom stereocenters. The minimum absolute atomic E-state index is 0.0915. The van der Waals surface area contributed by atoms with Crippen molar-refractivity contribution < 1.29 is 14.7 Å². The number of benzene rings is 1. The number of hydrazone groups is 1. The van der Waals surface area contributed by atoms with Gasteiger partial charge in [-0.1, -0.05) is 24.3 Å². The number of carbonyl (C=O) groups excluding carboxylic acids is 1. The molecule has 0 radical (unpaired) electrons. The standard InChI is InChI=1S/C15H10N2O3S/c18-14-12(9-11-7-4-8-21-11)13(15(19)20)16-17(14)10-5-2-1-3-6-10/h1-9H,(H,19,20)/b12-9+. The predicted octanol–water partition coefficient (Wildman–Crippen LogP) is 2.62.